The van der Waals surface area contributed by atoms with E-state index in [1.165, 1.54) is 25.7 Å². The largest absolute Gasteiger partial charge is 0.444 e. The lowest BCUT2D eigenvalue weighted by atomic mass is 10.0. The molecule has 19 heavy (non-hydrogen) atoms. The minimum absolute atomic E-state index is 0.320. The molecule has 2 unspecified atom stereocenters. The number of rotatable bonds is 6. The molecule has 1 saturated carbocycles. The molecule has 0 aliphatic heterocycles. The van der Waals surface area contributed by atoms with Crippen molar-refractivity contribution in [2.75, 3.05) is 13.1 Å². The molecule has 1 fully saturated rings. The average molecular weight is 270 g/mol. The molecule has 0 aromatic carbocycles. The number of hydrogen-bond acceptors (Lipinski definition) is 3. The van der Waals surface area contributed by atoms with Gasteiger partial charge in [0.15, 0.2) is 0 Å². The number of amides is 1. The summed E-state index contributed by atoms with van der Waals surface area (Å²) >= 11 is 0. The Morgan fingerprint density at radius 1 is 1.26 bits per heavy atom. The molecule has 0 bridgehead atoms. The molecule has 2 N–H and O–H groups in total. The van der Waals surface area contributed by atoms with Gasteiger partial charge in [0.25, 0.3) is 0 Å². The predicted molar refractivity (Wildman–Crippen MR) is 78.3 cm³/mol. The fourth-order valence-electron chi connectivity index (χ4n) is 2.67. The summed E-state index contributed by atoms with van der Waals surface area (Å²) in [5, 5.41) is 6.40. The van der Waals surface area contributed by atoms with Crippen LogP contribution in [0, 0.1) is 5.92 Å². The Morgan fingerprint density at radius 2 is 2.00 bits per heavy atom. The topological polar surface area (TPSA) is 50.4 Å². The van der Waals surface area contributed by atoms with Gasteiger partial charge < -0.3 is 15.4 Å². The zero-order valence-electron chi connectivity index (χ0n) is 12.9. The quantitative estimate of drug-likeness (QED) is 0.729. The van der Waals surface area contributed by atoms with E-state index >= 15 is 0 Å². The molecule has 1 aliphatic rings. The van der Waals surface area contributed by atoms with Crippen molar-refractivity contribution in [1.82, 2.24) is 10.6 Å². The molecular formula is C15H30N2O2. The molecule has 0 aromatic heterocycles. The van der Waals surface area contributed by atoms with E-state index in [9.17, 15) is 4.79 Å². The third-order valence-electron chi connectivity index (χ3n) is 3.61. The standard InChI is InChI=1S/C15H30N2O2/c1-5-12-8-6-9-13(12)16-10-7-11-17-14(18)19-15(2,3)4/h12-13,16H,5-11H2,1-4H3,(H,17,18). The van der Waals surface area contributed by atoms with Gasteiger partial charge in [-0.3, -0.25) is 0 Å². The Balaban J connectivity index is 2.03. The normalized spacial score (nSPS) is 23.4. The summed E-state index contributed by atoms with van der Waals surface area (Å²) in [5.74, 6) is 0.846. The molecule has 0 spiro atoms. The summed E-state index contributed by atoms with van der Waals surface area (Å²) in [6.07, 6.45) is 5.93. The van der Waals surface area contributed by atoms with Gasteiger partial charge in [0.1, 0.15) is 5.60 Å². The minimum Gasteiger partial charge on any atom is -0.444 e. The van der Waals surface area contributed by atoms with Crippen LogP contribution in [-0.2, 0) is 4.74 Å². The lowest BCUT2D eigenvalue weighted by Crippen LogP contribution is -2.36. The Morgan fingerprint density at radius 3 is 2.63 bits per heavy atom. The molecule has 112 valence electrons. The van der Waals surface area contributed by atoms with Crippen LogP contribution < -0.4 is 10.6 Å². The van der Waals surface area contributed by atoms with Crippen molar-refractivity contribution >= 4 is 6.09 Å². The van der Waals surface area contributed by atoms with Crippen LogP contribution in [0.3, 0.4) is 0 Å². The van der Waals surface area contributed by atoms with Crippen LogP contribution in [-0.4, -0.2) is 30.8 Å². The highest BCUT2D eigenvalue weighted by atomic mass is 16.6. The summed E-state index contributed by atoms with van der Waals surface area (Å²) in [4.78, 5) is 11.4. The number of carbonyl (C=O) groups excluding carboxylic acids is 1. The van der Waals surface area contributed by atoms with Crippen molar-refractivity contribution in [3.05, 3.63) is 0 Å². The van der Waals surface area contributed by atoms with Gasteiger partial charge in [0, 0.05) is 12.6 Å². The van der Waals surface area contributed by atoms with Crippen LogP contribution in [0.4, 0.5) is 4.79 Å². The van der Waals surface area contributed by atoms with E-state index in [-0.39, 0.29) is 6.09 Å². The van der Waals surface area contributed by atoms with Gasteiger partial charge in [-0.25, -0.2) is 4.79 Å². The molecular weight excluding hydrogens is 240 g/mol. The summed E-state index contributed by atoms with van der Waals surface area (Å²) in [6, 6.07) is 0.687. The van der Waals surface area contributed by atoms with Gasteiger partial charge in [-0.05, 0) is 52.5 Å². The first-order chi connectivity index (χ1) is 8.92. The van der Waals surface area contributed by atoms with Gasteiger partial charge in [-0.1, -0.05) is 19.8 Å². The van der Waals surface area contributed by atoms with Crippen LogP contribution in [0.15, 0.2) is 0 Å². The van der Waals surface area contributed by atoms with Crippen molar-refractivity contribution in [1.29, 1.82) is 0 Å². The third kappa shape index (κ3) is 6.81. The second kappa shape index (κ2) is 7.73. The van der Waals surface area contributed by atoms with Crippen molar-refractivity contribution in [2.24, 2.45) is 5.92 Å². The number of ether oxygens (including phenoxy) is 1. The zero-order chi connectivity index (χ0) is 14.3. The van der Waals surface area contributed by atoms with E-state index in [2.05, 4.69) is 17.6 Å². The molecule has 1 rings (SSSR count). The SMILES string of the molecule is CCC1CCCC1NCCCNC(=O)OC(C)(C)C. The fourth-order valence-corrected chi connectivity index (χ4v) is 2.67. The molecule has 2 atom stereocenters. The van der Waals surface area contributed by atoms with Crippen molar-refractivity contribution in [3.8, 4) is 0 Å². The molecule has 0 heterocycles. The van der Waals surface area contributed by atoms with Crippen LogP contribution in [0.25, 0.3) is 0 Å². The van der Waals surface area contributed by atoms with Crippen molar-refractivity contribution in [2.45, 2.75) is 71.4 Å². The van der Waals surface area contributed by atoms with Crippen LogP contribution in [0.1, 0.15) is 59.8 Å². The first-order valence-electron chi connectivity index (χ1n) is 7.62. The summed E-state index contributed by atoms with van der Waals surface area (Å²) in [7, 11) is 0. The highest BCUT2D eigenvalue weighted by Crippen LogP contribution is 2.27. The van der Waals surface area contributed by atoms with Crippen molar-refractivity contribution < 1.29 is 9.53 Å². The number of alkyl carbamates (subject to hydrolysis) is 1. The van der Waals surface area contributed by atoms with Crippen LogP contribution in [0.2, 0.25) is 0 Å². The predicted octanol–water partition coefficient (Wildman–Crippen LogP) is 3.07. The molecule has 1 aliphatic carbocycles. The number of carbonyl (C=O) groups is 1. The Hall–Kier alpha value is -0.770. The first-order valence-corrected chi connectivity index (χ1v) is 7.62. The van der Waals surface area contributed by atoms with Gasteiger partial charge in [-0.15, -0.1) is 0 Å². The monoisotopic (exact) mass is 270 g/mol. The van der Waals surface area contributed by atoms with Gasteiger partial charge in [-0.2, -0.15) is 0 Å². The lowest BCUT2D eigenvalue weighted by molar-refractivity contribution is 0.0527. The number of hydrogen-bond donors (Lipinski definition) is 2. The molecule has 4 heteroatoms. The maximum Gasteiger partial charge on any atom is 0.407 e. The molecule has 0 aromatic rings. The van der Waals surface area contributed by atoms with E-state index in [0.717, 1.165) is 18.9 Å². The molecule has 0 saturated heterocycles. The highest BCUT2D eigenvalue weighted by molar-refractivity contribution is 5.67. The van der Waals surface area contributed by atoms with Crippen molar-refractivity contribution in [3.63, 3.8) is 0 Å². The lowest BCUT2D eigenvalue weighted by Gasteiger charge is -2.21. The van der Waals surface area contributed by atoms with E-state index < -0.39 is 5.60 Å². The first kappa shape index (κ1) is 16.3. The Labute approximate surface area is 117 Å². The average Bonchev–Trinajstić information content (AvgIpc) is 2.73. The molecule has 1 amide bonds. The summed E-state index contributed by atoms with van der Waals surface area (Å²) in [6.45, 7) is 9.54. The highest BCUT2D eigenvalue weighted by Gasteiger charge is 2.24. The maximum absolute atomic E-state index is 11.4. The summed E-state index contributed by atoms with van der Waals surface area (Å²) < 4.78 is 5.18. The second-order valence-corrected chi connectivity index (χ2v) is 6.44. The van der Waals surface area contributed by atoms with Crippen LogP contribution >= 0.6 is 0 Å². The van der Waals surface area contributed by atoms with Gasteiger partial charge in [0.2, 0.25) is 0 Å². The second-order valence-electron chi connectivity index (χ2n) is 6.44. The van der Waals surface area contributed by atoms with E-state index in [4.69, 9.17) is 4.74 Å². The Kier molecular flexibility index (Phi) is 6.63. The molecule has 0 radical (unpaired) electrons. The zero-order valence-corrected chi connectivity index (χ0v) is 12.9. The van der Waals surface area contributed by atoms with E-state index in [1.54, 1.807) is 0 Å². The Bertz CT molecular complexity index is 274. The fraction of sp³-hybridized carbons (Fsp3) is 0.933. The van der Waals surface area contributed by atoms with E-state index in [0.29, 0.717) is 12.6 Å². The molecule has 4 nitrogen and oxygen atoms in total. The minimum atomic E-state index is -0.416. The third-order valence-corrected chi connectivity index (χ3v) is 3.61. The maximum atomic E-state index is 11.4. The number of nitrogens with one attached hydrogen (secondary N) is 2. The van der Waals surface area contributed by atoms with Crippen LogP contribution in [0.5, 0.6) is 0 Å². The van der Waals surface area contributed by atoms with E-state index in [1.807, 2.05) is 20.8 Å². The smallest absolute Gasteiger partial charge is 0.407 e. The van der Waals surface area contributed by atoms with Gasteiger partial charge >= 0.3 is 6.09 Å². The van der Waals surface area contributed by atoms with Gasteiger partial charge in [0.05, 0.1) is 0 Å². The summed E-state index contributed by atoms with van der Waals surface area (Å²) in [5.41, 5.74) is -0.416.